The first kappa shape index (κ1) is 9.71. The summed E-state index contributed by atoms with van der Waals surface area (Å²) >= 11 is 0. The molecule has 15 heavy (non-hydrogen) atoms. The molecule has 2 aromatic rings. The monoisotopic (exact) mass is 205 g/mol. The van der Waals surface area contributed by atoms with Gasteiger partial charge in [0.25, 0.3) is 5.91 Å². The van der Waals surface area contributed by atoms with Crippen molar-refractivity contribution in [3.63, 3.8) is 0 Å². The van der Waals surface area contributed by atoms with Gasteiger partial charge in [-0.15, -0.1) is 0 Å². The molecule has 2 rings (SSSR count). The minimum atomic E-state index is -0.0509. The van der Waals surface area contributed by atoms with Crippen molar-refractivity contribution in [1.29, 1.82) is 0 Å². The summed E-state index contributed by atoms with van der Waals surface area (Å²) in [5, 5.41) is 8.06. The molecule has 0 spiro atoms. The zero-order valence-electron chi connectivity index (χ0n) is 8.82. The standard InChI is InChI=1S/C11H13N3O.H2/c1-3-12-11(15)8-4-5-9-7-14(2)13-10(9)6-8;/h4-7H,3H2,1-2H3,(H,12,15);1H. The van der Waals surface area contributed by atoms with Crippen molar-refractivity contribution >= 4 is 16.8 Å². The molecular formula is C11H15N3O. The van der Waals surface area contributed by atoms with Crippen LogP contribution in [0.1, 0.15) is 18.7 Å². The number of nitrogens with zero attached hydrogens (tertiary/aromatic N) is 2. The van der Waals surface area contributed by atoms with Crippen LogP contribution >= 0.6 is 0 Å². The number of hydrogen-bond donors (Lipinski definition) is 1. The van der Waals surface area contributed by atoms with Crippen LogP contribution in [0.15, 0.2) is 24.4 Å². The first-order valence-corrected chi connectivity index (χ1v) is 4.92. The van der Waals surface area contributed by atoms with Crippen LogP contribution < -0.4 is 5.32 Å². The van der Waals surface area contributed by atoms with Crippen molar-refractivity contribution in [2.24, 2.45) is 7.05 Å². The van der Waals surface area contributed by atoms with Crippen LogP contribution in [0.3, 0.4) is 0 Å². The molecular weight excluding hydrogens is 190 g/mol. The van der Waals surface area contributed by atoms with Gasteiger partial charge in [-0.1, -0.05) is 6.07 Å². The van der Waals surface area contributed by atoms with Crippen LogP contribution in [0.25, 0.3) is 10.9 Å². The Kier molecular flexibility index (Phi) is 2.41. The number of aromatic nitrogens is 2. The third kappa shape index (κ3) is 1.83. The molecule has 0 fully saturated rings. The van der Waals surface area contributed by atoms with Crippen LogP contribution in [-0.2, 0) is 7.05 Å². The molecule has 0 saturated heterocycles. The van der Waals surface area contributed by atoms with Gasteiger partial charge in [-0.05, 0) is 19.1 Å². The number of fused-ring (bicyclic) bond motifs is 1. The molecule has 4 heteroatoms. The van der Waals surface area contributed by atoms with Gasteiger partial charge in [0.1, 0.15) is 0 Å². The van der Waals surface area contributed by atoms with E-state index in [1.807, 2.05) is 32.3 Å². The molecule has 1 N–H and O–H groups in total. The fourth-order valence-electron chi connectivity index (χ4n) is 1.54. The number of benzene rings is 1. The van der Waals surface area contributed by atoms with Crippen molar-refractivity contribution in [2.45, 2.75) is 6.92 Å². The molecule has 0 saturated carbocycles. The fraction of sp³-hybridized carbons (Fsp3) is 0.273. The topological polar surface area (TPSA) is 46.9 Å². The lowest BCUT2D eigenvalue weighted by molar-refractivity contribution is 0.0956. The minimum Gasteiger partial charge on any atom is -0.352 e. The smallest absolute Gasteiger partial charge is 0.251 e. The average Bonchev–Trinajstić information content (AvgIpc) is 2.57. The average molecular weight is 205 g/mol. The first-order valence-electron chi connectivity index (χ1n) is 4.92. The zero-order chi connectivity index (χ0) is 10.8. The van der Waals surface area contributed by atoms with Crippen molar-refractivity contribution < 1.29 is 6.22 Å². The molecule has 0 aliphatic heterocycles. The van der Waals surface area contributed by atoms with E-state index in [2.05, 4.69) is 10.4 Å². The van der Waals surface area contributed by atoms with Crippen molar-refractivity contribution in [3.05, 3.63) is 30.0 Å². The number of rotatable bonds is 2. The van der Waals surface area contributed by atoms with Gasteiger partial charge >= 0.3 is 0 Å². The molecule has 1 amide bonds. The Bertz CT molecular complexity index is 507. The van der Waals surface area contributed by atoms with E-state index in [1.54, 1.807) is 10.7 Å². The SMILES string of the molecule is CCNC(=O)c1ccc2cn(C)nc2c1.[HH]. The number of carbonyl (C=O) groups is 1. The molecule has 1 aromatic heterocycles. The molecule has 0 unspecified atom stereocenters. The quantitative estimate of drug-likeness (QED) is 0.809. The highest BCUT2D eigenvalue weighted by atomic mass is 16.1. The van der Waals surface area contributed by atoms with Gasteiger partial charge in [0.2, 0.25) is 0 Å². The van der Waals surface area contributed by atoms with E-state index < -0.39 is 0 Å². The molecule has 0 bridgehead atoms. The van der Waals surface area contributed by atoms with E-state index in [4.69, 9.17) is 0 Å². The lowest BCUT2D eigenvalue weighted by atomic mass is 10.1. The van der Waals surface area contributed by atoms with Crippen molar-refractivity contribution in [1.82, 2.24) is 15.1 Å². The summed E-state index contributed by atoms with van der Waals surface area (Å²) in [6.45, 7) is 2.54. The summed E-state index contributed by atoms with van der Waals surface area (Å²) < 4.78 is 1.74. The normalized spacial score (nSPS) is 10.5. The van der Waals surface area contributed by atoms with Crippen LogP contribution in [0.4, 0.5) is 0 Å². The van der Waals surface area contributed by atoms with Crippen LogP contribution in [-0.4, -0.2) is 22.2 Å². The summed E-state index contributed by atoms with van der Waals surface area (Å²) in [5.41, 5.74) is 1.50. The fourth-order valence-corrected chi connectivity index (χ4v) is 1.54. The number of nitrogens with one attached hydrogen (secondary N) is 1. The summed E-state index contributed by atoms with van der Waals surface area (Å²) in [5.74, 6) is -0.0509. The highest BCUT2D eigenvalue weighted by molar-refractivity contribution is 5.97. The predicted octanol–water partition coefficient (Wildman–Crippen LogP) is 1.57. The van der Waals surface area contributed by atoms with Gasteiger partial charge in [-0.2, -0.15) is 5.10 Å². The lowest BCUT2D eigenvalue weighted by Gasteiger charge is -2.00. The summed E-state index contributed by atoms with van der Waals surface area (Å²) in [6.07, 6.45) is 1.93. The van der Waals surface area contributed by atoms with Gasteiger partial charge in [0.05, 0.1) is 5.52 Å². The Labute approximate surface area is 89.4 Å². The molecule has 0 atom stereocenters. The van der Waals surface area contributed by atoms with E-state index in [1.165, 1.54) is 0 Å². The Morgan fingerprint density at radius 1 is 1.60 bits per heavy atom. The highest BCUT2D eigenvalue weighted by Gasteiger charge is 2.06. The molecule has 0 aliphatic rings. The number of aryl methyl sites for hydroxylation is 1. The number of hydrogen-bond acceptors (Lipinski definition) is 2. The van der Waals surface area contributed by atoms with Gasteiger partial charge < -0.3 is 5.32 Å². The molecule has 0 aliphatic carbocycles. The summed E-state index contributed by atoms with van der Waals surface area (Å²) in [6, 6.07) is 5.53. The largest absolute Gasteiger partial charge is 0.352 e. The molecule has 4 nitrogen and oxygen atoms in total. The Balaban J connectivity index is 0.00000128. The molecule has 0 radical (unpaired) electrons. The zero-order valence-corrected chi connectivity index (χ0v) is 8.82. The highest BCUT2D eigenvalue weighted by Crippen LogP contribution is 2.13. The second-order valence-electron chi connectivity index (χ2n) is 3.44. The van der Waals surface area contributed by atoms with Gasteiger partial charge in [-0.3, -0.25) is 9.48 Å². The lowest BCUT2D eigenvalue weighted by Crippen LogP contribution is -2.22. The molecule has 80 valence electrons. The maximum atomic E-state index is 11.5. The van der Waals surface area contributed by atoms with E-state index in [9.17, 15) is 4.79 Å². The Hall–Kier alpha value is -1.84. The molecule has 1 aromatic carbocycles. The van der Waals surface area contributed by atoms with Crippen LogP contribution in [0.5, 0.6) is 0 Å². The molecule has 1 heterocycles. The third-order valence-electron chi connectivity index (χ3n) is 2.22. The van der Waals surface area contributed by atoms with E-state index in [-0.39, 0.29) is 7.33 Å². The van der Waals surface area contributed by atoms with Gasteiger partial charge in [0, 0.05) is 32.2 Å². The van der Waals surface area contributed by atoms with E-state index >= 15 is 0 Å². The van der Waals surface area contributed by atoms with E-state index in [0.29, 0.717) is 12.1 Å². The van der Waals surface area contributed by atoms with Gasteiger partial charge in [-0.25, -0.2) is 0 Å². The van der Waals surface area contributed by atoms with Gasteiger partial charge in [0.15, 0.2) is 0 Å². The summed E-state index contributed by atoms with van der Waals surface area (Å²) in [4.78, 5) is 11.5. The first-order chi connectivity index (χ1) is 7.20. The van der Waals surface area contributed by atoms with E-state index in [0.717, 1.165) is 10.9 Å². The third-order valence-corrected chi connectivity index (χ3v) is 2.22. The number of amides is 1. The Morgan fingerprint density at radius 2 is 2.40 bits per heavy atom. The van der Waals surface area contributed by atoms with Crippen LogP contribution in [0, 0.1) is 0 Å². The second kappa shape index (κ2) is 3.73. The second-order valence-corrected chi connectivity index (χ2v) is 3.44. The maximum Gasteiger partial charge on any atom is 0.251 e. The van der Waals surface area contributed by atoms with Crippen LogP contribution in [0.2, 0.25) is 0 Å². The Morgan fingerprint density at radius 3 is 3.13 bits per heavy atom. The number of carbonyl (C=O) groups excluding carboxylic acids is 1. The van der Waals surface area contributed by atoms with Crippen molar-refractivity contribution in [2.75, 3.05) is 6.54 Å². The maximum absolute atomic E-state index is 11.5. The van der Waals surface area contributed by atoms with Crippen molar-refractivity contribution in [3.8, 4) is 0 Å². The predicted molar refractivity (Wildman–Crippen MR) is 60.8 cm³/mol. The minimum absolute atomic E-state index is 0. The summed E-state index contributed by atoms with van der Waals surface area (Å²) in [7, 11) is 1.87.